The zero-order chi connectivity index (χ0) is 12.5. The van der Waals surface area contributed by atoms with Gasteiger partial charge in [-0.1, -0.05) is 0 Å². The number of alkyl halides is 3. The van der Waals surface area contributed by atoms with E-state index < -0.39 is 24.0 Å². The second-order valence-electron chi connectivity index (χ2n) is 4.47. The SMILES string of the molecule is NC(CCC1(F)CC1)c1cnc(C(F)F)nc1. The fraction of sp³-hybridized carbons (Fsp3) is 0.636. The van der Waals surface area contributed by atoms with E-state index in [0.29, 0.717) is 31.2 Å². The monoisotopic (exact) mass is 245 g/mol. The van der Waals surface area contributed by atoms with Crippen LogP contribution < -0.4 is 5.73 Å². The standard InChI is InChI=1S/C11H14F3N3/c12-9(13)10-16-5-7(6-17-10)8(15)1-2-11(14)3-4-11/h5-6,8-9H,1-4,15H2. The highest BCUT2D eigenvalue weighted by molar-refractivity contribution is 5.11. The molecular weight excluding hydrogens is 231 g/mol. The normalized spacial score (nSPS) is 19.4. The van der Waals surface area contributed by atoms with E-state index in [1.165, 1.54) is 12.4 Å². The third kappa shape index (κ3) is 3.15. The van der Waals surface area contributed by atoms with Gasteiger partial charge in [-0.25, -0.2) is 23.1 Å². The number of nitrogens with two attached hydrogens (primary N) is 1. The summed E-state index contributed by atoms with van der Waals surface area (Å²) < 4.78 is 37.8. The molecule has 17 heavy (non-hydrogen) atoms. The molecule has 1 saturated carbocycles. The summed E-state index contributed by atoms with van der Waals surface area (Å²) in [6.07, 6.45) is 1.98. The predicted octanol–water partition coefficient (Wildman–Crippen LogP) is 2.70. The fourth-order valence-corrected chi connectivity index (χ4v) is 1.62. The molecule has 0 radical (unpaired) electrons. The maximum Gasteiger partial charge on any atom is 0.297 e. The largest absolute Gasteiger partial charge is 0.324 e. The summed E-state index contributed by atoms with van der Waals surface area (Å²) in [4.78, 5) is 7.05. The van der Waals surface area contributed by atoms with E-state index >= 15 is 0 Å². The smallest absolute Gasteiger partial charge is 0.297 e. The number of hydrogen-bond donors (Lipinski definition) is 1. The van der Waals surface area contributed by atoms with Crippen molar-refractivity contribution in [3.8, 4) is 0 Å². The maximum absolute atomic E-state index is 13.4. The van der Waals surface area contributed by atoms with Gasteiger partial charge in [0.15, 0.2) is 5.82 Å². The average Bonchev–Trinajstić information content (AvgIpc) is 3.05. The van der Waals surface area contributed by atoms with Crippen molar-refractivity contribution in [2.75, 3.05) is 0 Å². The van der Waals surface area contributed by atoms with Crippen molar-refractivity contribution < 1.29 is 13.2 Å². The number of rotatable bonds is 5. The molecule has 0 amide bonds. The third-order valence-corrected chi connectivity index (χ3v) is 3.01. The molecule has 0 aromatic carbocycles. The molecule has 1 atom stereocenters. The Morgan fingerprint density at radius 2 is 1.88 bits per heavy atom. The Morgan fingerprint density at radius 3 is 2.35 bits per heavy atom. The van der Waals surface area contributed by atoms with Crippen LogP contribution in [0.3, 0.4) is 0 Å². The lowest BCUT2D eigenvalue weighted by Gasteiger charge is -2.12. The topological polar surface area (TPSA) is 51.8 Å². The van der Waals surface area contributed by atoms with Gasteiger partial charge >= 0.3 is 0 Å². The summed E-state index contributed by atoms with van der Waals surface area (Å²) in [5.41, 5.74) is 5.35. The van der Waals surface area contributed by atoms with Gasteiger partial charge in [-0.05, 0) is 25.7 Å². The highest BCUT2D eigenvalue weighted by Crippen LogP contribution is 2.44. The van der Waals surface area contributed by atoms with Crippen LogP contribution in [0.1, 0.15) is 49.5 Å². The van der Waals surface area contributed by atoms with Crippen LogP contribution in [0, 0.1) is 0 Å². The highest BCUT2D eigenvalue weighted by atomic mass is 19.3. The molecule has 2 rings (SSSR count). The van der Waals surface area contributed by atoms with E-state index in [9.17, 15) is 13.2 Å². The van der Waals surface area contributed by atoms with Gasteiger partial charge in [0.1, 0.15) is 5.67 Å². The van der Waals surface area contributed by atoms with E-state index in [2.05, 4.69) is 9.97 Å². The lowest BCUT2D eigenvalue weighted by molar-refractivity contribution is 0.140. The van der Waals surface area contributed by atoms with Crippen LogP contribution in [0.15, 0.2) is 12.4 Å². The van der Waals surface area contributed by atoms with E-state index in [4.69, 9.17) is 5.73 Å². The summed E-state index contributed by atoms with van der Waals surface area (Å²) in [7, 11) is 0. The Balaban J connectivity index is 1.91. The van der Waals surface area contributed by atoms with Gasteiger partial charge in [-0.3, -0.25) is 0 Å². The van der Waals surface area contributed by atoms with Crippen LogP contribution in [0.25, 0.3) is 0 Å². The van der Waals surface area contributed by atoms with Crippen LogP contribution in [-0.2, 0) is 0 Å². The lowest BCUT2D eigenvalue weighted by Crippen LogP contribution is -2.14. The van der Waals surface area contributed by atoms with Gasteiger partial charge in [0.05, 0.1) is 0 Å². The molecule has 2 N–H and O–H groups in total. The minimum absolute atomic E-state index is 0.394. The molecular formula is C11H14F3N3. The van der Waals surface area contributed by atoms with Gasteiger partial charge in [-0.15, -0.1) is 0 Å². The summed E-state index contributed by atoms with van der Waals surface area (Å²) >= 11 is 0. The van der Waals surface area contributed by atoms with Gasteiger partial charge < -0.3 is 5.73 Å². The first-order valence-corrected chi connectivity index (χ1v) is 5.55. The van der Waals surface area contributed by atoms with E-state index in [1.807, 2.05) is 0 Å². The average molecular weight is 245 g/mol. The second kappa shape index (κ2) is 4.60. The molecule has 94 valence electrons. The Bertz CT molecular complexity index is 376. The zero-order valence-corrected chi connectivity index (χ0v) is 9.24. The van der Waals surface area contributed by atoms with Gasteiger partial charge in [0, 0.05) is 24.0 Å². The maximum atomic E-state index is 13.4. The molecule has 0 bridgehead atoms. The molecule has 1 aromatic heterocycles. The van der Waals surface area contributed by atoms with Crippen LogP contribution in [-0.4, -0.2) is 15.6 Å². The second-order valence-corrected chi connectivity index (χ2v) is 4.47. The zero-order valence-electron chi connectivity index (χ0n) is 9.24. The molecule has 1 heterocycles. The molecule has 1 aliphatic rings. The summed E-state index contributed by atoms with van der Waals surface area (Å²) in [6, 6.07) is -0.394. The molecule has 0 saturated heterocycles. The first-order chi connectivity index (χ1) is 8.00. The summed E-state index contributed by atoms with van der Waals surface area (Å²) in [5, 5.41) is 0. The van der Waals surface area contributed by atoms with Crippen molar-refractivity contribution >= 4 is 0 Å². The van der Waals surface area contributed by atoms with Crippen molar-refractivity contribution in [3.05, 3.63) is 23.8 Å². The first-order valence-electron chi connectivity index (χ1n) is 5.55. The fourth-order valence-electron chi connectivity index (χ4n) is 1.62. The molecule has 3 nitrogen and oxygen atoms in total. The number of nitrogens with zero attached hydrogens (tertiary/aromatic N) is 2. The van der Waals surface area contributed by atoms with Gasteiger partial charge in [0.2, 0.25) is 0 Å². The predicted molar refractivity (Wildman–Crippen MR) is 56.2 cm³/mol. The van der Waals surface area contributed by atoms with Crippen molar-refractivity contribution in [3.63, 3.8) is 0 Å². The van der Waals surface area contributed by atoms with Crippen molar-refractivity contribution in [2.45, 2.75) is 43.8 Å². The van der Waals surface area contributed by atoms with Gasteiger partial charge in [0.25, 0.3) is 6.43 Å². The minimum Gasteiger partial charge on any atom is -0.324 e. The Kier molecular flexibility index (Phi) is 3.33. The van der Waals surface area contributed by atoms with Crippen molar-refractivity contribution in [1.82, 2.24) is 9.97 Å². The van der Waals surface area contributed by atoms with Crippen LogP contribution >= 0.6 is 0 Å². The van der Waals surface area contributed by atoms with Gasteiger partial charge in [-0.2, -0.15) is 0 Å². The number of halogens is 3. The minimum atomic E-state index is -2.68. The Morgan fingerprint density at radius 1 is 1.29 bits per heavy atom. The van der Waals surface area contributed by atoms with E-state index in [0.717, 1.165) is 0 Å². The van der Waals surface area contributed by atoms with Crippen molar-refractivity contribution in [2.24, 2.45) is 5.73 Å². The molecule has 1 fully saturated rings. The van der Waals surface area contributed by atoms with Crippen LogP contribution in [0.2, 0.25) is 0 Å². The van der Waals surface area contributed by atoms with Crippen molar-refractivity contribution in [1.29, 1.82) is 0 Å². The molecule has 1 aromatic rings. The highest BCUT2D eigenvalue weighted by Gasteiger charge is 2.42. The summed E-state index contributed by atoms with van der Waals surface area (Å²) in [5.74, 6) is -0.509. The van der Waals surface area contributed by atoms with Crippen LogP contribution in [0.4, 0.5) is 13.2 Å². The number of aromatic nitrogens is 2. The first kappa shape index (κ1) is 12.3. The molecule has 6 heteroatoms. The molecule has 1 unspecified atom stereocenters. The molecule has 0 spiro atoms. The van der Waals surface area contributed by atoms with E-state index in [-0.39, 0.29) is 0 Å². The summed E-state index contributed by atoms with van der Waals surface area (Å²) in [6.45, 7) is 0. The Hall–Kier alpha value is -1.17. The van der Waals surface area contributed by atoms with Crippen LogP contribution in [0.5, 0.6) is 0 Å². The van der Waals surface area contributed by atoms with E-state index in [1.54, 1.807) is 0 Å². The quantitative estimate of drug-likeness (QED) is 0.867. The third-order valence-electron chi connectivity index (χ3n) is 3.01. The molecule has 0 aliphatic heterocycles. The Labute approximate surface area is 97.3 Å². The lowest BCUT2D eigenvalue weighted by atomic mass is 10.0. The molecule has 1 aliphatic carbocycles. The number of hydrogen-bond acceptors (Lipinski definition) is 3.